The van der Waals surface area contributed by atoms with Crippen molar-refractivity contribution in [2.24, 2.45) is 0 Å². The van der Waals surface area contributed by atoms with Gasteiger partial charge in [0.2, 0.25) is 5.91 Å². The highest BCUT2D eigenvalue weighted by Crippen LogP contribution is 2.19. The van der Waals surface area contributed by atoms with Crippen molar-refractivity contribution in [2.75, 3.05) is 23.3 Å². The summed E-state index contributed by atoms with van der Waals surface area (Å²) in [7, 11) is 0. The molecular formula is C18H21FN2O. The molecule has 0 aromatic heterocycles. The largest absolute Gasteiger partial charge is 0.371 e. The van der Waals surface area contributed by atoms with Crippen LogP contribution in [0.5, 0.6) is 0 Å². The van der Waals surface area contributed by atoms with E-state index in [0.29, 0.717) is 13.0 Å². The van der Waals surface area contributed by atoms with Crippen LogP contribution in [-0.4, -0.2) is 19.0 Å². The summed E-state index contributed by atoms with van der Waals surface area (Å²) in [5.74, 6) is -0.598. The second-order valence-corrected chi connectivity index (χ2v) is 5.14. The summed E-state index contributed by atoms with van der Waals surface area (Å²) in [5.41, 5.74) is 2.54. The van der Waals surface area contributed by atoms with Crippen LogP contribution in [0.2, 0.25) is 0 Å². The standard InChI is InChI=1S/C18H21FN2O/c1-3-21(17-11-7-4-8-14(17)2)13-12-18(22)20-16-10-6-5-9-15(16)19/h4-11H,3,12-13H2,1-2H3,(H,20,22). The SMILES string of the molecule is CCN(CCC(=O)Nc1ccccc1F)c1ccccc1C. The van der Waals surface area contributed by atoms with Gasteiger partial charge in [0.1, 0.15) is 5.82 Å². The summed E-state index contributed by atoms with van der Waals surface area (Å²) in [6.07, 6.45) is 0.316. The first-order chi connectivity index (χ1) is 10.6. The first kappa shape index (κ1) is 16.0. The number of benzene rings is 2. The van der Waals surface area contributed by atoms with Gasteiger partial charge in [0.05, 0.1) is 5.69 Å². The zero-order valence-electron chi connectivity index (χ0n) is 13.0. The van der Waals surface area contributed by atoms with Crippen molar-refractivity contribution in [3.8, 4) is 0 Å². The van der Waals surface area contributed by atoms with Crippen molar-refractivity contribution in [1.29, 1.82) is 0 Å². The number of hydrogen-bond acceptors (Lipinski definition) is 2. The average Bonchev–Trinajstić information content (AvgIpc) is 2.52. The van der Waals surface area contributed by atoms with Gasteiger partial charge >= 0.3 is 0 Å². The molecule has 0 bridgehead atoms. The van der Waals surface area contributed by atoms with Gasteiger partial charge in [-0.3, -0.25) is 4.79 Å². The molecule has 1 amide bonds. The Morgan fingerprint density at radius 1 is 1.14 bits per heavy atom. The van der Waals surface area contributed by atoms with Crippen molar-refractivity contribution < 1.29 is 9.18 Å². The molecule has 1 N–H and O–H groups in total. The molecule has 2 aromatic carbocycles. The Morgan fingerprint density at radius 3 is 2.50 bits per heavy atom. The van der Waals surface area contributed by atoms with Crippen LogP contribution in [0.4, 0.5) is 15.8 Å². The van der Waals surface area contributed by atoms with Gasteiger partial charge in [-0.2, -0.15) is 0 Å². The Labute approximate surface area is 130 Å². The number of para-hydroxylation sites is 2. The number of rotatable bonds is 6. The molecule has 0 unspecified atom stereocenters. The zero-order chi connectivity index (χ0) is 15.9. The Bertz CT molecular complexity index is 642. The highest BCUT2D eigenvalue weighted by atomic mass is 19.1. The van der Waals surface area contributed by atoms with Crippen LogP contribution in [0.25, 0.3) is 0 Å². The van der Waals surface area contributed by atoms with Crippen molar-refractivity contribution in [3.05, 3.63) is 59.9 Å². The van der Waals surface area contributed by atoms with E-state index in [2.05, 4.69) is 30.1 Å². The van der Waals surface area contributed by atoms with E-state index in [4.69, 9.17) is 0 Å². The van der Waals surface area contributed by atoms with E-state index in [-0.39, 0.29) is 11.6 Å². The monoisotopic (exact) mass is 300 g/mol. The summed E-state index contributed by atoms with van der Waals surface area (Å²) >= 11 is 0. The number of hydrogen-bond donors (Lipinski definition) is 1. The maximum absolute atomic E-state index is 13.5. The topological polar surface area (TPSA) is 32.3 Å². The van der Waals surface area contributed by atoms with Crippen LogP contribution in [0.1, 0.15) is 18.9 Å². The molecule has 0 saturated heterocycles. The second-order valence-electron chi connectivity index (χ2n) is 5.14. The third kappa shape index (κ3) is 4.07. The lowest BCUT2D eigenvalue weighted by Gasteiger charge is -2.24. The quantitative estimate of drug-likeness (QED) is 0.875. The van der Waals surface area contributed by atoms with E-state index in [1.54, 1.807) is 18.2 Å². The number of halogens is 1. The van der Waals surface area contributed by atoms with Gasteiger partial charge in [0.25, 0.3) is 0 Å². The molecule has 22 heavy (non-hydrogen) atoms. The third-order valence-corrected chi connectivity index (χ3v) is 3.59. The Kier molecular flexibility index (Phi) is 5.53. The van der Waals surface area contributed by atoms with Crippen molar-refractivity contribution >= 4 is 17.3 Å². The fourth-order valence-electron chi connectivity index (χ4n) is 2.38. The molecule has 0 heterocycles. The fraction of sp³-hybridized carbons (Fsp3) is 0.278. The van der Waals surface area contributed by atoms with E-state index in [9.17, 15) is 9.18 Å². The van der Waals surface area contributed by atoms with Gasteiger partial charge in [-0.15, -0.1) is 0 Å². The molecule has 2 rings (SSSR count). The zero-order valence-corrected chi connectivity index (χ0v) is 13.0. The highest BCUT2D eigenvalue weighted by Gasteiger charge is 2.11. The summed E-state index contributed by atoms with van der Waals surface area (Å²) in [6.45, 7) is 5.53. The smallest absolute Gasteiger partial charge is 0.226 e. The van der Waals surface area contributed by atoms with E-state index < -0.39 is 5.82 Å². The maximum Gasteiger partial charge on any atom is 0.226 e. The first-order valence-corrected chi connectivity index (χ1v) is 7.46. The van der Waals surface area contributed by atoms with Crippen LogP contribution in [0.15, 0.2) is 48.5 Å². The molecule has 0 spiro atoms. The molecule has 0 fully saturated rings. The molecule has 2 aromatic rings. The number of nitrogens with one attached hydrogen (secondary N) is 1. The molecule has 3 nitrogen and oxygen atoms in total. The van der Waals surface area contributed by atoms with Crippen LogP contribution < -0.4 is 10.2 Å². The maximum atomic E-state index is 13.5. The van der Waals surface area contributed by atoms with Gasteiger partial charge in [0.15, 0.2) is 0 Å². The van der Waals surface area contributed by atoms with Crippen molar-refractivity contribution in [1.82, 2.24) is 0 Å². The molecule has 0 radical (unpaired) electrons. The van der Waals surface area contributed by atoms with E-state index in [1.807, 2.05) is 18.2 Å². The minimum Gasteiger partial charge on any atom is -0.371 e. The summed E-state index contributed by atoms with van der Waals surface area (Å²) in [4.78, 5) is 14.1. The Balaban J connectivity index is 1.95. The molecule has 0 aliphatic heterocycles. The van der Waals surface area contributed by atoms with Gasteiger partial charge < -0.3 is 10.2 Å². The molecule has 0 aliphatic rings. The normalized spacial score (nSPS) is 10.3. The molecule has 0 saturated carbocycles. The van der Waals surface area contributed by atoms with E-state index in [0.717, 1.165) is 12.2 Å². The predicted molar refractivity (Wildman–Crippen MR) is 88.7 cm³/mol. The summed E-state index contributed by atoms with van der Waals surface area (Å²) in [6, 6.07) is 14.3. The molecule has 0 aliphatic carbocycles. The first-order valence-electron chi connectivity index (χ1n) is 7.46. The van der Waals surface area contributed by atoms with Crippen LogP contribution >= 0.6 is 0 Å². The molecule has 116 valence electrons. The van der Waals surface area contributed by atoms with E-state index >= 15 is 0 Å². The number of anilines is 2. The van der Waals surface area contributed by atoms with E-state index in [1.165, 1.54) is 11.6 Å². The third-order valence-electron chi connectivity index (χ3n) is 3.59. The lowest BCUT2D eigenvalue weighted by Crippen LogP contribution is -2.28. The van der Waals surface area contributed by atoms with Crippen LogP contribution in [0.3, 0.4) is 0 Å². The second kappa shape index (κ2) is 7.59. The highest BCUT2D eigenvalue weighted by molar-refractivity contribution is 5.91. The average molecular weight is 300 g/mol. The number of aryl methyl sites for hydroxylation is 1. The van der Waals surface area contributed by atoms with Gasteiger partial charge in [-0.1, -0.05) is 30.3 Å². The predicted octanol–water partition coefficient (Wildman–Crippen LogP) is 3.99. The van der Waals surface area contributed by atoms with Gasteiger partial charge in [0, 0.05) is 25.2 Å². The Hall–Kier alpha value is -2.36. The lowest BCUT2D eigenvalue weighted by atomic mass is 10.1. The fourth-order valence-corrected chi connectivity index (χ4v) is 2.38. The van der Waals surface area contributed by atoms with Crippen LogP contribution in [-0.2, 0) is 4.79 Å². The number of nitrogens with zero attached hydrogens (tertiary/aromatic N) is 1. The van der Waals surface area contributed by atoms with Crippen molar-refractivity contribution in [2.45, 2.75) is 20.3 Å². The van der Waals surface area contributed by atoms with Gasteiger partial charge in [-0.05, 0) is 37.6 Å². The lowest BCUT2D eigenvalue weighted by molar-refractivity contribution is -0.116. The molecular weight excluding hydrogens is 279 g/mol. The minimum atomic E-state index is -0.415. The summed E-state index contributed by atoms with van der Waals surface area (Å²) < 4.78 is 13.5. The number of carbonyl (C=O) groups is 1. The number of carbonyl (C=O) groups excluding carboxylic acids is 1. The number of amides is 1. The van der Waals surface area contributed by atoms with Crippen LogP contribution in [0, 0.1) is 12.7 Å². The van der Waals surface area contributed by atoms with Gasteiger partial charge in [-0.25, -0.2) is 4.39 Å². The molecule has 0 atom stereocenters. The van der Waals surface area contributed by atoms with Crippen molar-refractivity contribution in [3.63, 3.8) is 0 Å². The minimum absolute atomic E-state index is 0.183. The molecule has 4 heteroatoms. The summed E-state index contributed by atoms with van der Waals surface area (Å²) in [5, 5.41) is 2.62. The Morgan fingerprint density at radius 2 is 1.82 bits per heavy atom.